The SMILES string of the molecule is CC(C)COc1ccc(CNC(=O)N(Cc2ccc(F)cc2)C2CCN(C)CC2)cc1.O=C(O)c1cccnc1. The number of piperidine rings is 1. The molecule has 2 N–H and O–H groups in total. The Morgan fingerprint density at radius 2 is 1.73 bits per heavy atom. The van der Waals surface area contributed by atoms with Crippen molar-refractivity contribution in [3.63, 3.8) is 0 Å². The highest BCUT2D eigenvalue weighted by Gasteiger charge is 2.27. The minimum atomic E-state index is -0.942. The number of hydrogen-bond donors (Lipinski definition) is 2. The number of hydrogen-bond acceptors (Lipinski definition) is 5. The Balaban J connectivity index is 0.000000415. The van der Waals surface area contributed by atoms with E-state index in [1.54, 1.807) is 18.2 Å². The van der Waals surface area contributed by atoms with Crippen LogP contribution in [0.1, 0.15) is 48.2 Å². The molecule has 1 aliphatic heterocycles. The Hall–Kier alpha value is -3.98. The van der Waals surface area contributed by atoms with E-state index < -0.39 is 5.97 Å². The lowest BCUT2D eigenvalue weighted by Gasteiger charge is -2.37. The molecular weight excluding hydrogens is 511 g/mol. The number of carbonyl (C=O) groups is 2. The highest BCUT2D eigenvalue weighted by atomic mass is 19.1. The summed E-state index contributed by atoms with van der Waals surface area (Å²) in [5.41, 5.74) is 2.18. The van der Waals surface area contributed by atoms with Crippen LogP contribution >= 0.6 is 0 Å². The van der Waals surface area contributed by atoms with Crippen molar-refractivity contribution in [1.29, 1.82) is 0 Å². The van der Waals surface area contributed by atoms with E-state index in [0.717, 1.165) is 42.8 Å². The molecule has 2 aromatic carbocycles. The number of amides is 2. The monoisotopic (exact) mass is 550 g/mol. The summed E-state index contributed by atoms with van der Waals surface area (Å²) in [5.74, 6) is 0.113. The number of ether oxygens (including phenoxy) is 1. The predicted molar refractivity (Wildman–Crippen MR) is 153 cm³/mol. The van der Waals surface area contributed by atoms with Gasteiger partial charge >= 0.3 is 12.0 Å². The van der Waals surface area contributed by atoms with Crippen molar-refractivity contribution < 1.29 is 23.8 Å². The van der Waals surface area contributed by atoms with Crippen LogP contribution in [0.25, 0.3) is 0 Å². The smallest absolute Gasteiger partial charge is 0.337 e. The third kappa shape index (κ3) is 10.3. The van der Waals surface area contributed by atoms with Crippen LogP contribution in [0.4, 0.5) is 9.18 Å². The summed E-state index contributed by atoms with van der Waals surface area (Å²) in [6.45, 7) is 7.78. The first-order valence-corrected chi connectivity index (χ1v) is 13.5. The van der Waals surface area contributed by atoms with Crippen molar-refractivity contribution in [2.75, 3.05) is 26.7 Å². The molecule has 1 aliphatic rings. The zero-order chi connectivity index (χ0) is 28.9. The van der Waals surface area contributed by atoms with E-state index in [9.17, 15) is 14.0 Å². The number of urea groups is 1. The number of carboxylic acids is 1. The molecule has 0 atom stereocenters. The number of benzene rings is 2. The number of pyridine rings is 1. The van der Waals surface area contributed by atoms with Gasteiger partial charge in [0.15, 0.2) is 0 Å². The molecule has 9 heteroatoms. The minimum absolute atomic E-state index is 0.0842. The van der Waals surface area contributed by atoms with Crippen molar-refractivity contribution in [3.05, 3.63) is 95.6 Å². The zero-order valence-corrected chi connectivity index (χ0v) is 23.4. The van der Waals surface area contributed by atoms with Crippen LogP contribution in [0.3, 0.4) is 0 Å². The summed E-state index contributed by atoms with van der Waals surface area (Å²) >= 11 is 0. The average molecular weight is 551 g/mol. The summed E-state index contributed by atoms with van der Waals surface area (Å²) in [4.78, 5) is 31.1. The molecule has 40 heavy (non-hydrogen) atoms. The summed E-state index contributed by atoms with van der Waals surface area (Å²) in [5, 5.41) is 11.4. The van der Waals surface area contributed by atoms with E-state index in [1.807, 2.05) is 29.2 Å². The topological polar surface area (TPSA) is 95.0 Å². The fourth-order valence-corrected chi connectivity index (χ4v) is 4.19. The van der Waals surface area contributed by atoms with Crippen molar-refractivity contribution in [3.8, 4) is 5.75 Å². The lowest BCUT2D eigenvalue weighted by atomic mass is 10.0. The van der Waals surface area contributed by atoms with E-state index in [2.05, 4.69) is 36.1 Å². The van der Waals surface area contributed by atoms with Gasteiger partial charge in [0.2, 0.25) is 0 Å². The molecule has 2 amide bonds. The van der Waals surface area contributed by atoms with Gasteiger partial charge in [0.05, 0.1) is 12.2 Å². The van der Waals surface area contributed by atoms with Crippen molar-refractivity contribution in [2.45, 2.75) is 45.8 Å². The normalized spacial score (nSPS) is 13.7. The predicted octanol–water partition coefficient (Wildman–Crippen LogP) is 5.45. The Kier molecular flexibility index (Phi) is 11.9. The number of nitrogens with zero attached hydrogens (tertiary/aromatic N) is 3. The van der Waals surface area contributed by atoms with Crippen LogP contribution < -0.4 is 10.1 Å². The molecule has 8 nitrogen and oxygen atoms in total. The molecule has 1 fully saturated rings. The number of carboxylic acid groups (broad SMARTS) is 1. The fourth-order valence-electron chi connectivity index (χ4n) is 4.19. The van der Waals surface area contributed by atoms with Gasteiger partial charge in [-0.15, -0.1) is 0 Å². The summed E-state index contributed by atoms with van der Waals surface area (Å²) in [6.07, 6.45) is 4.72. The fraction of sp³-hybridized carbons (Fsp3) is 0.387. The van der Waals surface area contributed by atoms with E-state index >= 15 is 0 Å². The molecule has 214 valence electrons. The first-order chi connectivity index (χ1) is 19.2. The van der Waals surface area contributed by atoms with Crippen LogP contribution in [-0.4, -0.2) is 64.7 Å². The van der Waals surface area contributed by atoms with Gasteiger partial charge in [-0.25, -0.2) is 14.0 Å². The van der Waals surface area contributed by atoms with Gasteiger partial charge in [-0.2, -0.15) is 0 Å². The van der Waals surface area contributed by atoms with Gasteiger partial charge in [-0.3, -0.25) is 4.98 Å². The second-order valence-electron chi connectivity index (χ2n) is 10.3. The minimum Gasteiger partial charge on any atom is -0.493 e. The lowest BCUT2D eigenvalue weighted by Crippen LogP contribution is -2.49. The number of halogens is 1. The van der Waals surface area contributed by atoms with E-state index in [0.29, 0.717) is 25.6 Å². The number of likely N-dealkylation sites (tertiary alicyclic amines) is 1. The maximum atomic E-state index is 13.3. The van der Waals surface area contributed by atoms with Crippen LogP contribution in [0, 0.1) is 11.7 Å². The third-order valence-electron chi connectivity index (χ3n) is 6.51. The Bertz CT molecular complexity index is 1180. The molecule has 4 rings (SSSR count). The number of rotatable bonds is 9. The van der Waals surface area contributed by atoms with Crippen LogP contribution in [-0.2, 0) is 13.1 Å². The number of aromatic carboxylic acids is 1. The van der Waals surface area contributed by atoms with Crippen LogP contribution in [0.15, 0.2) is 73.1 Å². The molecule has 0 radical (unpaired) electrons. The first kappa shape index (κ1) is 30.6. The van der Waals surface area contributed by atoms with Crippen LogP contribution in [0.5, 0.6) is 5.75 Å². The molecule has 1 aromatic heterocycles. The van der Waals surface area contributed by atoms with E-state index in [4.69, 9.17) is 9.84 Å². The van der Waals surface area contributed by atoms with Crippen LogP contribution in [0.2, 0.25) is 0 Å². The molecule has 2 heterocycles. The summed E-state index contributed by atoms with van der Waals surface area (Å²) < 4.78 is 19.0. The number of carbonyl (C=O) groups excluding carboxylic acids is 1. The Labute approximate surface area is 235 Å². The standard InChI is InChI=1S/C25H34FN3O2.C6H5NO2/c1-19(2)18-31-24-10-6-20(7-11-24)16-27-25(30)29(23-12-14-28(3)15-13-23)17-21-4-8-22(26)9-5-21;8-6(9)5-2-1-3-7-4-5/h4-11,19,23H,12-18H2,1-3H3,(H,27,30);1-4H,(H,8,9). The number of nitrogens with one attached hydrogen (secondary N) is 1. The van der Waals surface area contributed by atoms with Gasteiger partial charge in [0.1, 0.15) is 11.6 Å². The maximum absolute atomic E-state index is 13.3. The Morgan fingerprint density at radius 3 is 2.27 bits per heavy atom. The van der Waals surface area contributed by atoms with Crippen molar-refractivity contribution in [1.82, 2.24) is 20.1 Å². The molecule has 0 bridgehead atoms. The molecule has 0 saturated carbocycles. The first-order valence-electron chi connectivity index (χ1n) is 13.5. The van der Waals surface area contributed by atoms with Gasteiger partial charge in [-0.05, 0) is 86.4 Å². The molecule has 3 aromatic rings. The highest BCUT2D eigenvalue weighted by molar-refractivity contribution is 5.86. The van der Waals surface area contributed by atoms with Gasteiger partial charge in [0.25, 0.3) is 0 Å². The van der Waals surface area contributed by atoms with E-state index in [1.165, 1.54) is 30.6 Å². The third-order valence-corrected chi connectivity index (χ3v) is 6.51. The van der Waals surface area contributed by atoms with Gasteiger partial charge in [-0.1, -0.05) is 38.1 Å². The second kappa shape index (κ2) is 15.6. The molecular formula is C31H39FN4O4. The number of aromatic nitrogens is 1. The summed E-state index contributed by atoms with van der Waals surface area (Å²) in [6, 6.07) is 17.4. The van der Waals surface area contributed by atoms with Gasteiger partial charge < -0.3 is 25.0 Å². The largest absolute Gasteiger partial charge is 0.493 e. The Morgan fingerprint density at radius 1 is 1.07 bits per heavy atom. The lowest BCUT2D eigenvalue weighted by molar-refractivity contribution is 0.0696. The van der Waals surface area contributed by atoms with Crippen molar-refractivity contribution >= 4 is 12.0 Å². The maximum Gasteiger partial charge on any atom is 0.337 e. The van der Waals surface area contributed by atoms with Crippen molar-refractivity contribution in [2.24, 2.45) is 5.92 Å². The van der Waals surface area contributed by atoms with E-state index in [-0.39, 0.29) is 23.5 Å². The highest BCUT2D eigenvalue weighted by Crippen LogP contribution is 2.19. The summed E-state index contributed by atoms with van der Waals surface area (Å²) in [7, 11) is 2.11. The second-order valence-corrected chi connectivity index (χ2v) is 10.3. The molecule has 0 spiro atoms. The zero-order valence-electron chi connectivity index (χ0n) is 23.4. The molecule has 0 aliphatic carbocycles. The average Bonchev–Trinajstić information content (AvgIpc) is 2.96. The van der Waals surface area contributed by atoms with Gasteiger partial charge in [0, 0.05) is 31.5 Å². The quantitative estimate of drug-likeness (QED) is 0.368. The molecule has 1 saturated heterocycles. The molecule has 0 unspecified atom stereocenters.